The fourth-order valence-corrected chi connectivity index (χ4v) is 1.69. The van der Waals surface area contributed by atoms with Gasteiger partial charge in [0.1, 0.15) is 10.1 Å². The van der Waals surface area contributed by atoms with Crippen LogP contribution in [0.5, 0.6) is 0 Å². The zero-order valence-corrected chi connectivity index (χ0v) is 11.5. The van der Waals surface area contributed by atoms with Gasteiger partial charge in [0.15, 0.2) is 0 Å². The quantitative estimate of drug-likeness (QED) is 0.462. The summed E-state index contributed by atoms with van der Waals surface area (Å²) < 4.78 is 31.9. The van der Waals surface area contributed by atoms with Crippen molar-refractivity contribution in [1.82, 2.24) is 4.98 Å². The molecule has 0 aliphatic carbocycles. The molecule has 1 aromatic heterocycles. The van der Waals surface area contributed by atoms with Gasteiger partial charge in [-0.25, -0.2) is 8.42 Å². The van der Waals surface area contributed by atoms with Crippen molar-refractivity contribution < 1.29 is 64.4 Å². The summed E-state index contributed by atoms with van der Waals surface area (Å²) in [6.07, 6.45) is 1.69. The number of aromatic nitrogens is 1. The van der Waals surface area contributed by atoms with E-state index >= 15 is 0 Å². The second-order valence-corrected chi connectivity index (χ2v) is 4.06. The molecule has 2 rings (SSSR count). The van der Waals surface area contributed by atoms with Crippen LogP contribution in [0.25, 0.3) is 10.9 Å². The molecule has 68 valence electrons. The smallest absolute Gasteiger partial charge is 0.744 e. The number of benzene rings is 1. The Morgan fingerprint density at radius 1 is 1.21 bits per heavy atom. The summed E-state index contributed by atoms with van der Waals surface area (Å²) in [5.41, 5.74) is 0.812. The van der Waals surface area contributed by atoms with Gasteiger partial charge >= 0.3 is 51.4 Å². The van der Waals surface area contributed by atoms with Crippen molar-refractivity contribution in [2.75, 3.05) is 0 Å². The maximum atomic E-state index is 10.6. The Morgan fingerprint density at radius 3 is 2.57 bits per heavy atom. The summed E-state index contributed by atoms with van der Waals surface area (Å²) in [7, 11) is -4.34. The minimum atomic E-state index is -4.34. The van der Waals surface area contributed by atoms with E-state index in [1.165, 1.54) is 12.1 Å². The molecule has 1 heterocycles. The van der Waals surface area contributed by atoms with Gasteiger partial charge in [-0.05, 0) is 24.3 Å². The number of nitrogens with one attached hydrogen (secondary N) is 1. The van der Waals surface area contributed by atoms with Crippen LogP contribution >= 0.6 is 0 Å². The SMILES string of the molecule is O=S(=O)([O-])c1ccc2[nH]ccc2c1.[K+]. The van der Waals surface area contributed by atoms with E-state index in [0.29, 0.717) is 0 Å². The van der Waals surface area contributed by atoms with Crippen LogP contribution < -0.4 is 51.4 Å². The van der Waals surface area contributed by atoms with Gasteiger partial charge in [0.05, 0.1) is 4.90 Å². The van der Waals surface area contributed by atoms with Crippen molar-refractivity contribution in [3.8, 4) is 0 Å². The summed E-state index contributed by atoms with van der Waals surface area (Å²) in [5.74, 6) is 0. The largest absolute Gasteiger partial charge is 1.00 e. The van der Waals surface area contributed by atoms with E-state index in [0.717, 1.165) is 10.9 Å². The van der Waals surface area contributed by atoms with E-state index in [1.807, 2.05) is 0 Å². The molecule has 0 spiro atoms. The average Bonchev–Trinajstić information content (AvgIpc) is 2.47. The minimum absolute atomic E-state index is 0. The van der Waals surface area contributed by atoms with Crippen molar-refractivity contribution >= 4 is 21.0 Å². The van der Waals surface area contributed by atoms with Gasteiger partial charge in [-0.1, -0.05) is 0 Å². The molecular formula is C8H6KNO3S. The number of aromatic amines is 1. The van der Waals surface area contributed by atoms with Gasteiger partial charge in [0, 0.05) is 17.1 Å². The minimum Gasteiger partial charge on any atom is -0.744 e. The molecule has 0 amide bonds. The van der Waals surface area contributed by atoms with E-state index in [4.69, 9.17) is 0 Å². The normalized spacial score (nSPS) is 11.2. The number of H-pyrrole nitrogens is 1. The van der Waals surface area contributed by atoms with Crippen molar-refractivity contribution in [1.29, 1.82) is 0 Å². The maximum Gasteiger partial charge on any atom is 1.00 e. The van der Waals surface area contributed by atoms with Crippen molar-refractivity contribution in [2.24, 2.45) is 0 Å². The molecule has 0 aliphatic heterocycles. The van der Waals surface area contributed by atoms with Crippen LogP contribution in [0.2, 0.25) is 0 Å². The molecule has 0 radical (unpaired) electrons. The van der Waals surface area contributed by atoms with Crippen LogP contribution in [0.3, 0.4) is 0 Å². The molecule has 0 saturated carbocycles. The molecule has 0 atom stereocenters. The molecule has 0 saturated heterocycles. The summed E-state index contributed by atoms with van der Waals surface area (Å²) in [6.45, 7) is 0. The van der Waals surface area contributed by atoms with Gasteiger partial charge in [0.2, 0.25) is 0 Å². The molecule has 14 heavy (non-hydrogen) atoms. The van der Waals surface area contributed by atoms with Crippen LogP contribution in [0.1, 0.15) is 0 Å². The molecule has 0 unspecified atom stereocenters. The molecule has 6 heteroatoms. The van der Waals surface area contributed by atoms with E-state index in [2.05, 4.69) is 4.98 Å². The van der Waals surface area contributed by atoms with Crippen molar-refractivity contribution in [2.45, 2.75) is 4.90 Å². The van der Waals surface area contributed by atoms with Crippen LogP contribution in [-0.2, 0) is 10.1 Å². The van der Waals surface area contributed by atoms with E-state index < -0.39 is 10.1 Å². The van der Waals surface area contributed by atoms with Gasteiger partial charge < -0.3 is 9.54 Å². The topological polar surface area (TPSA) is 73.0 Å². The summed E-state index contributed by atoms with van der Waals surface area (Å²) in [5, 5.41) is 0.719. The van der Waals surface area contributed by atoms with Crippen molar-refractivity contribution in [3.05, 3.63) is 30.5 Å². The van der Waals surface area contributed by atoms with Crippen LogP contribution in [0, 0.1) is 0 Å². The second kappa shape index (κ2) is 4.44. The van der Waals surface area contributed by atoms with Crippen LogP contribution in [0.15, 0.2) is 35.4 Å². The molecule has 4 nitrogen and oxygen atoms in total. The molecule has 2 aromatic rings. The van der Waals surface area contributed by atoms with E-state index in [1.54, 1.807) is 18.3 Å². The van der Waals surface area contributed by atoms with Gasteiger partial charge in [0.25, 0.3) is 0 Å². The number of fused-ring (bicyclic) bond motifs is 1. The Kier molecular flexibility index (Phi) is 3.92. The molecule has 0 fully saturated rings. The van der Waals surface area contributed by atoms with E-state index in [9.17, 15) is 13.0 Å². The third-order valence-electron chi connectivity index (χ3n) is 1.81. The number of hydrogen-bond donors (Lipinski definition) is 1. The zero-order chi connectivity index (χ0) is 9.47. The van der Waals surface area contributed by atoms with Gasteiger partial charge in [-0.15, -0.1) is 0 Å². The summed E-state index contributed by atoms with van der Waals surface area (Å²) >= 11 is 0. The predicted octanol–water partition coefficient (Wildman–Crippen LogP) is -1.92. The molecule has 0 aliphatic rings. The fourth-order valence-electron chi connectivity index (χ4n) is 1.19. The molecule has 0 bridgehead atoms. The van der Waals surface area contributed by atoms with Crippen LogP contribution in [0.4, 0.5) is 0 Å². The van der Waals surface area contributed by atoms with Gasteiger partial charge in [-0.2, -0.15) is 0 Å². The molecular weight excluding hydrogens is 229 g/mol. The molecule has 1 N–H and O–H groups in total. The fraction of sp³-hybridized carbons (Fsp3) is 0. The third-order valence-corrected chi connectivity index (χ3v) is 2.64. The Balaban J connectivity index is 0.000000980. The number of hydrogen-bond acceptors (Lipinski definition) is 3. The predicted molar refractivity (Wildman–Crippen MR) is 46.3 cm³/mol. The third kappa shape index (κ3) is 2.46. The first-order chi connectivity index (χ1) is 6.07. The Morgan fingerprint density at radius 2 is 1.93 bits per heavy atom. The Hall–Kier alpha value is 0.306. The zero-order valence-electron chi connectivity index (χ0n) is 7.52. The summed E-state index contributed by atoms with van der Waals surface area (Å²) in [6, 6.07) is 5.93. The number of rotatable bonds is 1. The Labute approximate surface area is 124 Å². The first-order valence-corrected chi connectivity index (χ1v) is 5.01. The van der Waals surface area contributed by atoms with Crippen molar-refractivity contribution in [3.63, 3.8) is 0 Å². The first-order valence-electron chi connectivity index (χ1n) is 3.60. The Bertz CT molecular complexity index is 546. The maximum absolute atomic E-state index is 10.6. The monoisotopic (exact) mass is 235 g/mol. The second-order valence-electron chi connectivity index (χ2n) is 2.68. The standard InChI is InChI=1S/C8H7NO3S.K/c10-13(11,12)7-1-2-8-6(5-7)3-4-9-8;/h1-5,9H,(H,10,11,12);/q;+1/p-1. The van der Waals surface area contributed by atoms with Gasteiger partial charge in [-0.3, -0.25) is 0 Å². The summed E-state index contributed by atoms with van der Waals surface area (Å²) in [4.78, 5) is 2.71. The molecule has 1 aromatic carbocycles. The van der Waals surface area contributed by atoms with E-state index in [-0.39, 0.29) is 56.3 Å². The first kappa shape index (κ1) is 12.4. The van der Waals surface area contributed by atoms with Crippen LogP contribution in [-0.4, -0.2) is 18.0 Å². The average molecular weight is 235 g/mol.